The quantitative estimate of drug-likeness (QED) is 0.725. The second kappa shape index (κ2) is 6.29. The van der Waals surface area contributed by atoms with Crippen LogP contribution in [0.2, 0.25) is 0 Å². The number of halogens is 3. The van der Waals surface area contributed by atoms with Crippen LogP contribution in [-0.2, 0) is 6.54 Å². The lowest BCUT2D eigenvalue weighted by Gasteiger charge is -2.14. The molecule has 3 nitrogen and oxygen atoms in total. The van der Waals surface area contributed by atoms with E-state index in [2.05, 4.69) is 5.32 Å². The standard InChI is InChI=1S/C21H11F3N2O/c22-13-2-4-15(20(24)7-13)18-8-16-12(10-26-21(16)27)6-17(18)14-3-1-11(9-25)5-19(14)23/h1-8H,10H2,(H,26,27). The Kier molecular flexibility index (Phi) is 3.93. The van der Waals surface area contributed by atoms with Crippen molar-refractivity contribution < 1.29 is 18.0 Å². The number of benzene rings is 3. The lowest BCUT2D eigenvalue weighted by Crippen LogP contribution is -2.12. The molecule has 0 radical (unpaired) electrons. The number of hydrogen-bond donors (Lipinski definition) is 1. The normalized spacial score (nSPS) is 12.4. The molecule has 0 bridgehead atoms. The maximum atomic E-state index is 14.6. The van der Waals surface area contributed by atoms with Crippen LogP contribution in [0.25, 0.3) is 22.3 Å². The van der Waals surface area contributed by atoms with Crippen LogP contribution in [0.5, 0.6) is 0 Å². The highest BCUT2D eigenvalue weighted by Crippen LogP contribution is 2.38. The SMILES string of the molecule is N#Cc1ccc(-c2cc3c(cc2-c2ccc(F)cc2F)C(=O)NC3)c(F)c1. The third kappa shape index (κ3) is 2.83. The average Bonchev–Trinajstić information content (AvgIpc) is 3.01. The van der Waals surface area contributed by atoms with Gasteiger partial charge in [-0.1, -0.05) is 6.07 Å². The van der Waals surface area contributed by atoms with E-state index < -0.39 is 17.5 Å². The molecule has 0 atom stereocenters. The summed E-state index contributed by atoms with van der Waals surface area (Å²) in [4.78, 5) is 12.0. The summed E-state index contributed by atoms with van der Waals surface area (Å²) in [5.74, 6) is -2.50. The van der Waals surface area contributed by atoms with E-state index in [1.54, 1.807) is 6.07 Å². The van der Waals surface area contributed by atoms with Crippen LogP contribution in [-0.4, -0.2) is 5.91 Å². The summed E-state index contributed by atoms with van der Waals surface area (Å²) in [6.07, 6.45) is 0. The first-order chi connectivity index (χ1) is 13.0. The minimum absolute atomic E-state index is 0.0534. The summed E-state index contributed by atoms with van der Waals surface area (Å²) in [7, 11) is 0. The Morgan fingerprint density at radius 1 is 0.815 bits per heavy atom. The van der Waals surface area contributed by atoms with Crippen molar-refractivity contribution in [1.82, 2.24) is 5.32 Å². The molecule has 0 aromatic heterocycles. The van der Waals surface area contributed by atoms with Crippen molar-refractivity contribution >= 4 is 5.91 Å². The fourth-order valence-corrected chi connectivity index (χ4v) is 3.23. The van der Waals surface area contributed by atoms with Crippen LogP contribution < -0.4 is 5.32 Å². The maximum Gasteiger partial charge on any atom is 0.251 e. The van der Waals surface area contributed by atoms with Crippen molar-refractivity contribution in [3.63, 3.8) is 0 Å². The third-order valence-corrected chi connectivity index (χ3v) is 4.54. The van der Waals surface area contributed by atoms with Crippen molar-refractivity contribution in [1.29, 1.82) is 5.26 Å². The van der Waals surface area contributed by atoms with Crippen molar-refractivity contribution in [2.24, 2.45) is 0 Å². The highest BCUT2D eigenvalue weighted by molar-refractivity contribution is 6.01. The molecule has 1 aliphatic rings. The zero-order chi connectivity index (χ0) is 19.1. The molecular formula is C21H11F3N2O. The van der Waals surface area contributed by atoms with E-state index in [1.807, 2.05) is 6.07 Å². The molecule has 1 aliphatic heterocycles. The molecule has 4 rings (SSSR count). The van der Waals surface area contributed by atoms with Gasteiger partial charge in [0.05, 0.1) is 11.6 Å². The molecular weight excluding hydrogens is 353 g/mol. The van der Waals surface area contributed by atoms with E-state index >= 15 is 0 Å². The zero-order valence-electron chi connectivity index (χ0n) is 13.8. The molecule has 6 heteroatoms. The summed E-state index contributed by atoms with van der Waals surface area (Å²) in [5.41, 5.74) is 2.03. The summed E-state index contributed by atoms with van der Waals surface area (Å²) in [5, 5.41) is 11.6. The lowest BCUT2D eigenvalue weighted by atomic mass is 9.90. The minimum Gasteiger partial charge on any atom is -0.348 e. The summed E-state index contributed by atoms with van der Waals surface area (Å²) >= 11 is 0. The van der Waals surface area contributed by atoms with Gasteiger partial charge in [-0.3, -0.25) is 4.79 Å². The molecule has 0 unspecified atom stereocenters. The third-order valence-electron chi connectivity index (χ3n) is 4.54. The topological polar surface area (TPSA) is 52.9 Å². The highest BCUT2D eigenvalue weighted by atomic mass is 19.1. The first kappa shape index (κ1) is 16.9. The first-order valence-electron chi connectivity index (χ1n) is 8.08. The van der Waals surface area contributed by atoms with Gasteiger partial charge in [-0.2, -0.15) is 5.26 Å². The molecule has 0 aliphatic carbocycles. The van der Waals surface area contributed by atoms with Crippen molar-refractivity contribution in [2.45, 2.75) is 6.54 Å². The van der Waals surface area contributed by atoms with Crippen molar-refractivity contribution in [2.75, 3.05) is 0 Å². The Morgan fingerprint density at radius 2 is 1.48 bits per heavy atom. The van der Waals surface area contributed by atoms with E-state index in [1.165, 1.54) is 24.3 Å². The summed E-state index contributed by atoms with van der Waals surface area (Å²) < 4.78 is 42.4. The molecule has 3 aromatic rings. The van der Waals surface area contributed by atoms with E-state index in [9.17, 15) is 18.0 Å². The van der Waals surface area contributed by atoms with Gasteiger partial charge in [0.25, 0.3) is 5.91 Å². The molecule has 132 valence electrons. The minimum atomic E-state index is -0.816. The average molecular weight is 364 g/mol. The Labute approximate surface area is 152 Å². The fourth-order valence-electron chi connectivity index (χ4n) is 3.23. The number of carbonyl (C=O) groups is 1. The first-order valence-corrected chi connectivity index (χ1v) is 8.08. The number of nitrogens with zero attached hydrogens (tertiary/aromatic N) is 1. The number of nitriles is 1. The Hall–Kier alpha value is -3.59. The molecule has 0 fully saturated rings. The van der Waals surface area contributed by atoms with E-state index in [0.29, 0.717) is 16.7 Å². The predicted octanol–water partition coefficient (Wildman–Crippen LogP) is 4.55. The van der Waals surface area contributed by atoms with Gasteiger partial charge >= 0.3 is 0 Å². The van der Waals surface area contributed by atoms with Gasteiger partial charge < -0.3 is 5.32 Å². The predicted molar refractivity (Wildman–Crippen MR) is 93.1 cm³/mol. The molecule has 0 saturated heterocycles. The fraction of sp³-hybridized carbons (Fsp3) is 0.0476. The van der Waals surface area contributed by atoms with Gasteiger partial charge in [-0.25, -0.2) is 13.2 Å². The number of fused-ring (bicyclic) bond motifs is 1. The van der Waals surface area contributed by atoms with Crippen LogP contribution in [0.15, 0.2) is 48.5 Å². The Bertz CT molecular complexity index is 1150. The largest absolute Gasteiger partial charge is 0.348 e. The van der Waals surface area contributed by atoms with Gasteiger partial charge in [-0.15, -0.1) is 0 Å². The highest BCUT2D eigenvalue weighted by Gasteiger charge is 2.24. The van der Waals surface area contributed by atoms with Gasteiger partial charge in [0.1, 0.15) is 17.5 Å². The van der Waals surface area contributed by atoms with Gasteiger partial charge in [0, 0.05) is 29.3 Å². The zero-order valence-corrected chi connectivity index (χ0v) is 13.8. The molecule has 27 heavy (non-hydrogen) atoms. The Balaban J connectivity index is 2.01. The van der Waals surface area contributed by atoms with Crippen LogP contribution in [0.4, 0.5) is 13.2 Å². The van der Waals surface area contributed by atoms with Crippen LogP contribution in [0, 0.1) is 28.8 Å². The van der Waals surface area contributed by atoms with Gasteiger partial charge in [0.2, 0.25) is 0 Å². The molecule has 0 saturated carbocycles. The molecule has 3 aromatic carbocycles. The maximum absolute atomic E-state index is 14.6. The summed E-state index contributed by atoms with van der Waals surface area (Å²) in [6.45, 7) is 0.283. The van der Waals surface area contributed by atoms with Crippen molar-refractivity contribution in [3.8, 4) is 28.3 Å². The molecule has 0 spiro atoms. The number of carbonyl (C=O) groups excluding carboxylic acids is 1. The van der Waals surface area contributed by atoms with E-state index in [0.717, 1.165) is 18.2 Å². The molecule has 1 amide bonds. The van der Waals surface area contributed by atoms with E-state index in [4.69, 9.17) is 5.26 Å². The van der Waals surface area contributed by atoms with Crippen LogP contribution >= 0.6 is 0 Å². The smallest absolute Gasteiger partial charge is 0.251 e. The second-order valence-corrected chi connectivity index (χ2v) is 6.17. The number of amides is 1. The molecule has 1 N–H and O–H groups in total. The molecule has 1 heterocycles. The number of hydrogen-bond acceptors (Lipinski definition) is 2. The van der Waals surface area contributed by atoms with Gasteiger partial charge in [-0.05, 0) is 53.1 Å². The summed E-state index contributed by atoms with van der Waals surface area (Å²) in [6, 6.07) is 12.0. The second-order valence-electron chi connectivity index (χ2n) is 6.17. The van der Waals surface area contributed by atoms with Crippen LogP contribution in [0.1, 0.15) is 21.5 Å². The number of nitrogens with one attached hydrogen (secondary N) is 1. The van der Waals surface area contributed by atoms with Gasteiger partial charge in [0.15, 0.2) is 0 Å². The lowest BCUT2D eigenvalue weighted by molar-refractivity contribution is 0.0966. The van der Waals surface area contributed by atoms with E-state index in [-0.39, 0.29) is 34.7 Å². The van der Waals surface area contributed by atoms with Crippen LogP contribution in [0.3, 0.4) is 0 Å². The van der Waals surface area contributed by atoms with Crippen molar-refractivity contribution in [3.05, 3.63) is 82.7 Å². The number of rotatable bonds is 2. The monoisotopic (exact) mass is 364 g/mol. The Morgan fingerprint density at radius 3 is 2.15 bits per heavy atom.